The highest BCUT2D eigenvalue weighted by molar-refractivity contribution is 9.10. The number of carbonyl (C=O) groups is 1. The molecule has 24 heavy (non-hydrogen) atoms. The SMILES string of the molecule is O=C(NCc1cccnc1)c1cncc(Nc2cccc(Br)c2)c1. The van der Waals surface area contributed by atoms with Gasteiger partial charge in [0.2, 0.25) is 0 Å². The first kappa shape index (κ1) is 16.1. The molecule has 3 aromatic rings. The molecule has 5 nitrogen and oxygen atoms in total. The van der Waals surface area contributed by atoms with Gasteiger partial charge >= 0.3 is 0 Å². The van der Waals surface area contributed by atoms with Gasteiger partial charge in [0.25, 0.3) is 5.91 Å². The van der Waals surface area contributed by atoms with E-state index in [9.17, 15) is 4.79 Å². The summed E-state index contributed by atoms with van der Waals surface area (Å²) in [6, 6.07) is 13.3. The number of amides is 1. The summed E-state index contributed by atoms with van der Waals surface area (Å²) in [4.78, 5) is 20.4. The first-order valence-corrected chi connectivity index (χ1v) is 8.15. The number of carbonyl (C=O) groups excluding carboxylic acids is 1. The Hall–Kier alpha value is -2.73. The molecule has 1 amide bonds. The van der Waals surface area contributed by atoms with E-state index >= 15 is 0 Å². The van der Waals surface area contributed by atoms with Gasteiger partial charge in [0.05, 0.1) is 17.4 Å². The summed E-state index contributed by atoms with van der Waals surface area (Å²) in [5, 5.41) is 6.09. The first-order valence-electron chi connectivity index (χ1n) is 7.35. The van der Waals surface area contributed by atoms with Crippen molar-refractivity contribution in [1.29, 1.82) is 0 Å². The van der Waals surface area contributed by atoms with Gasteiger partial charge in [0, 0.05) is 35.3 Å². The summed E-state index contributed by atoms with van der Waals surface area (Å²) in [6.07, 6.45) is 6.65. The Morgan fingerprint density at radius 1 is 1.00 bits per heavy atom. The average molecular weight is 383 g/mol. The Morgan fingerprint density at radius 3 is 2.71 bits per heavy atom. The van der Waals surface area contributed by atoms with E-state index in [0.29, 0.717) is 12.1 Å². The lowest BCUT2D eigenvalue weighted by molar-refractivity contribution is 0.0950. The summed E-state index contributed by atoms with van der Waals surface area (Å²) in [5.41, 5.74) is 3.11. The molecule has 0 saturated heterocycles. The molecule has 2 N–H and O–H groups in total. The second-order valence-electron chi connectivity index (χ2n) is 5.14. The number of benzene rings is 1. The molecule has 0 saturated carbocycles. The van der Waals surface area contributed by atoms with Crippen LogP contribution in [-0.4, -0.2) is 15.9 Å². The third kappa shape index (κ3) is 4.39. The Labute approximate surface area is 148 Å². The minimum absolute atomic E-state index is 0.177. The average Bonchev–Trinajstić information content (AvgIpc) is 2.61. The van der Waals surface area contributed by atoms with Gasteiger partial charge < -0.3 is 10.6 Å². The first-order chi connectivity index (χ1) is 11.7. The van der Waals surface area contributed by atoms with Crippen LogP contribution in [0.25, 0.3) is 0 Å². The van der Waals surface area contributed by atoms with Crippen molar-refractivity contribution < 1.29 is 4.79 Å². The van der Waals surface area contributed by atoms with E-state index in [1.165, 1.54) is 0 Å². The third-order valence-electron chi connectivity index (χ3n) is 3.29. The lowest BCUT2D eigenvalue weighted by Gasteiger charge is -2.09. The zero-order valence-electron chi connectivity index (χ0n) is 12.7. The van der Waals surface area contributed by atoms with Crippen LogP contribution in [0.3, 0.4) is 0 Å². The van der Waals surface area contributed by atoms with Gasteiger partial charge in [-0.1, -0.05) is 28.1 Å². The van der Waals surface area contributed by atoms with Crippen molar-refractivity contribution in [2.45, 2.75) is 6.54 Å². The van der Waals surface area contributed by atoms with Gasteiger partial charge in [0.1, 0.15) is 0 Å². The molecule has 0 spiro atoms. The Balaban J connectivity index is 1.67. The summed E-state index contributed by atoms with van der Waals surface area (Å²) in [5.74, 6) is -0.177. The number of hydrogen-bond donors (Lipinski definition) is 2. The molecule has 0 aliphatic carbocycles. The van der Waals surface area contributed by atoms with Crippen LogP contribution in [0, 0.1) is 0 Å². The van der Waals surface area contributed by atoms with Crippen molar-refractivity contribution in [3.8, 4) is 0 Å². The van der Waals surface area contributed by atoms with Gasteiger partial charge in [-0.2, -0.15) is 0 Å². The molecule has 2 aromatic heterocycles. The van der Waals surface area contributed by atoms with Crippen LogP contribution in [-0.2, 0) is 6.54 Å². The number of aromatic nitrogens is 2. The van der Waals surface area contributed by atoms with Crippen LogP contribution < -0.4 is 10.6 Å². The summed E-state index contributed by atoms with van der Waals surface area (Å²) < 4.78 is 0.978. The molecule has 120 valence electrons. The fraction of sp³-hybridized carbons (Fsp3) is 0.0556. The fourth-order valence-electron chi connectivity index (χ4n) is 2.15. The van der Waals surface area contributed by atoms with Crippen molar-refractivity contribution >= 4 is 33.2 Å². The molecule has 3 rings (SSSR count). The van der Waals surface area contributed by atoms with E-state index in [1.807, 2.05) is 36.4 Å². The topological polar surface area (TPSA) is 66.9 Å². The Kier molecular flexibility index (Phi) is 5.18. The van der Waals surface area contributed by atoms with Crippen LogP contribution in [0.2, 0.25) is 0 Å². The molecule has 0 unspecified atom stereocenters. The number of nitrogens with zero attached hydrogens (tertiary/aromatic N) is 2. The number of halogens is 1. The van der Waals surface area contributed by atoms with Gasteiger partial charge in [-0.25, -0.2) is 0 Å². The van der Waals surface area contributed by atoms with E-state index in [0.717, 1.165) is 21.4 Å². The van der Waals surface area contributed by atoms with Crippen LogP contribution >= 0.6 is 15.9 Å². The predicted molar refractivity (Wildman–Crippen MR) is 97.1 cm³/mol. The monoisotopic (exact) mass is 382 g/mol. The maximum atomic E-state index is 12.3. The van der Waals surface area contributed by atoms with Gasteiger partial charge in [0.15, 0.2) is 0 Å². The van der Waals surface area contributed by atoms with Crippen LogP contribution in [0.5, 0.6) is 0 Å². The molecule has 0 fully saturated rings. The van der Waals surface area contributed by atoms with Crippen LogP contribution in [0.4, 0.5) is 11.4 Å². The van der Waals surface area contributed by atoms with Crippen molar-refractivity contribution in [2.75, 3.05) is 5.32 Å². The van der Waals surface area contributed by atoms with Crippen molar-refractivity contribution in [1.82, 2.24) is 15.3 Å². The minimum Gasteiger partial charge on any atom is -0.354 e. The second kappa shape index (κ2) is 7.70. The van der Waals surface area contributed by atoms with E-state index in [2.05, 4.69) is 36.5 Å². The molecule has 1 aromatic carbocycles. The van der Waals surface area contributed by atoms with Crippen molar-refractivity contribution in [3.63, 3.8) is 0 Å². The molecule has 2 heterocycles. The predicted octanol–water partition coefficient (Wildman–Crippen LogP) is 3.91. The van der Waals surface area contributed by atoms with Crippen molar-refractivity contribution in [3.05, 3.63) is 82.9 Å². The largest absolute Gasteiger partial charge is 0.354 e. The highest BCUT2D eigenvalue weighted by Crippen LogP contribution is 2.20. The maximum absolute atomic E-state index is 12.3. The number of anilines is 2. The van der Waals surface area contributed by atoms with E-state index < -0.39 is 0 Å². The van der Waals surface area contributed by atoms with Crippen molar-refractivity contribution in [2.24, 2.45) is 0 Å². The lowest BCUT2D eigenvalue weighted by atomic mass is 10.2. The van der Waals surface area contributed by atoms with Gasteiger partial charge in [-0.3, -0.25) is 14.8 Å². The second-order valence-corrected chi connectivity index (χ2v) is 6.06. The molecule has 0 aliphatic heterocycles. The van der Waals surface area contributed by atoms with Gasteiger partial charge in [-0.05, 0) is 35.9 Å². The molecule has 0 atom stereocenters. The lowest BCUT2D eigenvalue weighted by Crippen LogP contribution is -2.23. The summed E-state index contributed by atoms with van der Waals surface area (Å²) in [6.45, 7) is 0.427. The Bertz CT molecular complexity index is 839. The standard InChI is InChI=1S/C18H15BrN4O/c19-15-4-1-5-16(8-15)23-17-7-14(11-21-12-17)18(24)22-10-13-3-2-6-20-9-13/h1-9,11-12,23H,10H2,(H,22,24). The smallest absolute Gasteiger partial charge is 0.253 e. The number of hydrogen-bond acceptors (Lipinski definition) is 4. The molecule has 0 radical (unpaired) electrons. The van der Waals surface area contributed by atoms with E-state index in [4.69, 9.17) is 0 Å². The highest BCUT2D eigenvalue weighted by Gasteiger charge is 2.07. The van der Waals surface area contributed by atoms with Crippen LogP contribution in [0.15, 0.2) is 71.7 Å². The van der Waals surface area contributed by atoms with E-state index in [1.54, 1.807) is 30.9 Å². The zero-order valence-corrected chi connectivity index (χ0v) is 14.3. The maximum Gasteiger partial charge on any atom is 0.253 e. The summed E-state index contributed by atoms with van der Waals surface area (Å²) in [7, 11) is 0. The zero-order chi connectivity index (χ0) is 16.8. The molecule has 6 heteroatoms. The molecule has 0 bridgehead atoms. The van der Waals surface area contributed by atoms with E-state index in [-0.39, 0.29) is 5.91 Å². The number of pyridine rings is 2. The third-order valence-corrected chi connectivity index (χ3v) is 3.78. The Morgan fingerprint density at radius 2 is 1.92 bits per heavy atom. The van der Waals surface area contributed by atoms with Crippen LogP contribution in [0.1, 0.15) is 15.9 Å². The minimum atomic E-state index is -0.177. The number of nitrogens with one attached hydrogen (secondary N) is 2. The quantitative estimate of drug-likeness (QED) is 0.701. The fourth-order valence-corrected chi connectivity index (χ4v) is 2.55. The number of rotatable bonds is 5. The summed E-state index contributed by atoms with van der Waals surface area (Å²) >= 11 is 3.43. The highest BCUT2D eigenvalue weighted by atomic mass is 79.9. The normalized spacial score (nSPS) is 10.2. The molecule has 0 aliphatic rings. The molecular weight excluding hydrogens is 368 g/mol. The molecular formula is C18H15BrN4O. The van der Waals surface area contributed by atoms with Gasteiger partial charge in [-0.15, -0.1) is 0 Å².